The number of amides is 1. The van der Waals surface area contributed by atoms with E-state index in [4.69, 9.17) is 14.2 Å². The first-order valence-electron chi connectivity index (χ1n) is 16.7. The minimum absolute atomic E-state index is 0.0653. The van der Waals surface area contributed by atoms with E-state index in [0.717, 1.165) is 44.9 Å². The van der Waals surface area contributed by atoms with E-state index in [2.05, 4.69) is 24.4 Å². The fourth-order valence-corrected chi connectivity index (χ4v) is 5.65. The van der Waals surface area contributed by atoms with Crippen LogP contribution >= 0.6 is 0 Å². The zero-order valence-electron chi connectivity index (χ0n) is 26.6. The van der Waals surface area contributed by atoms with Crippen LogP contribution in [0.2, 0.25) is 0 Å². The van der Waals surface area contributed by atoms with Gasteiger partial charge >= 0.3 is 0 Å². The minimum atomic E-state index is -1.32. The van der Waals surface area contributed by atoms with Gasteiger partial charge in [0.1, 0.15) is 24.4 Å². The quantitative estimate of drug-likeness (QED) is 0.109. The van der Waals surface area contributed by atoms with Crippen LogP contribution in [0.25, 0.3) is 0 Å². The molecule has 1 aromatic rings. The molecule has 1 aliphatic heterocycles. The minimum Gasteiger partial charge on any atom is -0.394 e. The molecule has 7 atom stereocenters. The van der Waals surface area contributed by atoms with E-state index in [9.17, 15) is 25.2 Å². The van der Waals surface area contributed by atoms with Gasteiger partial charge in [0.25, 0.3) is 0 Å². The molecule has 0 aromatic heterocycles. The van der Waals surface area contributed by atoms with Gasteiger partial charge in [-0.1, -0.05) is 108 Å². The molecule has 1 aliphatic rings. The molecule has 2 rings (SSSR count). The second-order valence-corrected chi connectivity index (χ2v) is 12.0. The molecule has 0 spiro atoms. The highest BCUT2D eigenvalue weighted by molar-refractivity contribution is 5.76. The number of rotatable bonds is 24. The summed E-state index contributed by atoms with van der Waals surface area (Å²) in [6, 6.07) is 9.62. The zero-order valence-corrected chi connectivity index (χ0v) is 26.6. The molecular weight excluding hydrogens is 550 g/mol. The first kappa shape index (κ1) is 37.6. The van der Waals surface area contributed by atoms with Crippen LogP contribution in [0.4, 0.5) is 0 Å². The van der Waals surface area contributed by atoms with Gasteiger partial charge in [0, 0.05) is 13.5 Å². The van der Waals surface area contributed by atoms with Crippen molar-refractivity contribution in [3.63, 3.8) is 0 Å². The van der Waals surface area contributed by atoms with Gasteiger partial charge in [-0.3, -0.25) is 4.79 Å². The predicted molar refractivity (Wildman–Crippen MR) is 168 cm³/mol. The zero-order chi connectivity index (χ0) is 31.3. The van der Waals surface area contributed by atoms with E-state index in [1.807, 2.05) is 18.2 Å². The number of unbranched alkanes of at least 4 members (excludes halogenated alkanes) is 11. The monoisotopic (exact) mass is 609 g/mol. The summed E-state index contributed by atoms with van der Waals surface area (Å²) < 4.78 is 16.9. The van der Waals surface area contributed by atoms with E-state index in [0.29, 0.717) is 12.8 Å². The van der Waals surface area contributed by atoms with Crippen molar-refractivity contribution in [2.45, 2.75) is 153 Å². The third-order valence-electron chi connectivity index (χ3n) is 8.41. The number of benzene rings is 1. The Balaban J connectivity index is 1.83. The summed E-state index contributed by atoms with van der Waals surface area (Å²) in [7, 11) is 1.37. The number of methoxy groups -OCH3 is 1. The molecule has 43 heavy (non-hydrogen) atoms. The topological polar surface area (TPSA) is 138 Å². The fourth-order valence-electron chi connectivity index (χ4n) is 5.65. The van der Waals surface area contributed by atoms with Gasteiger partial charge in [0.05, 0.1) is 25.4 Å². The molecule has 1 heterocycles. The SMILES string of the molecule is CCCCCCCCCCCC[C@@H](O)[C@H](COC1OC(CO)C(O)C(O)C1OC)NC(=O)CCCCCc1ccccc1. The van der Waals surface area contributed by atoms with E-state index < -0.39 is 49.5 Å². The van der Waals surface area contributed by atoms with Crippen molar-refractivity contribution in [1.82, 2.24) is 5.32 Å². The van der Waals surface area contributed by atoms with Crippen LogP contribution in [0.15, 0.2) is 30.3 Å². The number of aliphatic hydroxyl groups excluding tert-OH is 4. The Bertz CT molecular complexity index is 828. The van der Waals surface area contributed by atoms with Crippen LogP contribution in [0.3, 0.4) is 0 Å². The summed E-state index contributed by atoms with van der Waals surface area (Å²) >= 11 is 0. The molecule has 0 radical (unpaired) electrons. The molecule has 248 valence electrons. The largest absolute Gasteiger partial charge is 0.394 e. The third-order valence-corrected chi connectivity index (χ3v) is 8.41. The van der Waals surface area contributed by atoms with Crippen LogP contribution in [-0.4, -0.2) is 89.5 Å². The Morgan fingerprint density at radius 1 is 0.907 bits per heavy atom. The number of ether oxygens (including phenoxy) is 3. The van der Waals surface area contributed by atoms with Gasteiger partial charge in [-0.15, -0.1) is 0 Å². The highest BCUT2D eigenvalue weighted by Gasteiger charge is 2.45. The summed E-state index contributed by atoms with van der Waals surface area (Å²) in [4.78, 5) is 12.9. The second-order valence-electron chi connectivity index (χ2n) is 12.0. The van der Waals surface area contributed by atoms with Gasteiger partial charge in [-0.25, -0.2) is 0 Å². The normalized spacial score (nSPS) is 23.6. The van der Waals surface area contributed by atoms with E-state index in [1.54, 1.807) is 0 Å². The number of aliphatic hydroxyl groups is 4. The molecule has 0 saturated carbocycles. The van der Waals surface area contributed by atoms with Crippen LogP contribution in [0.5, 0.6) is 0 Å². The summed E-state index contributed by atoms with van der Waals surface area (Å²) in [6.07, 6.45) is 9.94. The molecule has 9 nitrogen and oxygen atoms in total. The highest BCUT2D eigenvalue weighted by Crippen LogP contribution is 2.24. The number of hydrogen-bond donors (Lipinski definition) is 5. The third kappa shape index (κ3) is 14.8. The van der Waals surface area contributed by atoms with Crippen molar-refractivity contribution in [2.24, 2.45) is 0 Å². The maximum Gasteiger partial charge on any atom is 0.220 e. The van der Waals surface area contributed by atoms with Crippen LogP contribution in [0.1, 0.15) is 109 Å². The Labute approximate surface area is 259 Å². The Hall–Kier alpha value is -1.59. The lowest BCUT2D eigenvalue weighted by atomic mass is 9.99. The smallest absolute Gasteiger partial charge is 0.220 e. The standard InChI is InChI=1S/C34H59NO8/c1-3-4-5-6-7-8-9-10-11-17-22-28(37)27(25-42-34-33(41-2)32(40)31(39)29(24-36)43-34)35-30(38)23-18-13-16-21-26-19-14-12-15-20-26/h12,14-15,19-20,27-29,31-34,36-37,39-40H,3-11,13,16-18,21-25H2,1-2H3,(H,35,38)/t27-,28+,29?,31?,32?,33?,34?/m0/s1. The molecule has 9 heteroatoms. The molecule has 1 saturated heterocycles. The number of carbonyl (C=O) groups excluding carboxylic acids is 1. The van der Waals surface area contributed by atoms with E-state index in [-0.39, 0.29) is 12.5 Å². The molecule has 1 amide bonds. The number of aryl methyl sites for hydroxylation is 1. The van der Waals surface area contributed by atoms with Gasteiger partial charge in [-0.2, -0.15) is 0 Å². The number of nitrogens with one attached hydrogen (secondary N) is 1. The molecule has 1 fully saturated rings. The van der Waals surface area contributed by atoms with Gasteiger partial charge in [0.15, 0.2) is 6.29 Å². The number of carbonyl (C=O) groups is 1. The second kappa shape index (κ2) is 22.8. The van der Waals surface area contributed by atoms with Crippen LogP contribution in [-0.2, 0) is 25.4 Å². The molecule has 0 aliphatic carbocycles. The molecular formula is C34H59NO8. The van der Waals surface area contributed by atoms with Crippen molar-refractivity contribution in [3.05, 3.63) is 35.9 Å². The number of hydrogen-bond acceptors (Lipinski definition) is 8. The van der Waals surface area contributed by atoms with Gasteiger partial charge in [-0.05, 0) is 31.2 Å². The van der Waals surface area contributed by atoms with E-state index >= 15 is 0 Å². The molecule has 5 unspecified atom stereocenters. The Morgan fingerprint density at radius 3 is 2.16 bits per heavy atom. The Kier molecular flexibility index (Phi) is 20.0. The first-order valence-corrected chi connectivity index (χ1v) is 16.7. The van der Waals surface area contributed by atoms with Crippen molar-refractivity contribution in [3.8, 4) is 0 Å². The van der Waals surface area contributed by atoms with Crippen molar-refractivity contribution in [1.29, 1.82) is 0 Å². The highest BCUT2D eigenvalue weighted by atomic mass is 16.7. The summed E-state index contributed by atoms with van der Waals surface area (Å²) in [6.45, 7) is 1.66. The van der Waals surface area contributed by atoms with Gasteiger partial charge in [0.2, 0.25) is 5.91 Å². The summed E-state index contributed by atoms with van der Waals surface area (Å²) in [5.41, 5.74) is 1.29. The molecule has 0 bridgehead atoms. The fraction of sp³-hybridized carbons (Fsp3) is 0.794. The van der Waals surface area contributed by atoms with Gasteiger partial charge < -0.3 is 40.0 Å². The molecule has 5 N–H and O–H groups in total. The average molecular weight is 610 g/mol. The maximum absolute atomic E-state index is 12.9. The Morgan fingerprint density at radius 2 is 1.53 bits per heavy atom. The predicted octanol–water partition coefficient (Wildman–Crippen LogP) is 4.42. The maximum atomic E-state index is 12.9. The van der Waals surface area contributed by atoms with Crippen LogP contribution in [0, 0.1) is 0 Å². The summed E-state index contributed by atoms with van der Waals surface area (Å²) in [5.74, 6) is -0.146. The lowest BCUT2D eigenvalue weighted by Gasteiger charge is -2.41. The van der Waals surface area contributed by atoms with E-state index in [1.165, 1.54) is 57.6 Å². The lowest BCUT2D eigenvalue weighted by Crippen LogP contribution is -2.60. The summed E-state index contributed by atoms with van der Waals surface area (Å²) in [5, 5.41) is 44.2. The van der Waals surface area contributed by atoms with Crippen molar-refractivity contribution >= 4 is 5.91 Å². The van der Waals surface area contributed by atoms with Crippen molar-refractivity contribution < 1.29 is 39.4 Å². The molecule has 1 aromatic carbocycles. The van der Waals surface area contributed by atoms with Crippen LogP contribution < -0.4 is 5.32 Å². The average Bonchev–Trinajstić information content (AvgIpc) is 3.01. The first-order chi connectivity index (χ1) is 20.9. The lowest BCUT2D eigenvalue weighted by molar-refractivity contribution is -0.307. The van der Waals surface area contributed by atoms with Crippen molar-refractivity contribution in [2.75, 3.05) is 20.3 Å².